The molecular formula is C14H19N3O4. The van der Waals surface area contributed by atoms with E-state index in [1.807, 2.05) is 13.8 Å². The van der Waals surface area contributed by atoms with Crippen LogP contribution >= 0.6 is 0 Å². The van der Waals surface area contributed by atoms with Crippen molar-refractivity contribution in [1.82, 2.24) is 4.98 Å². The fraction of sp³-hybridized carbons (Fsp3) is 0.429. The fourth-order valence-electron chi connectivity index (χ4n) is 1.46. The zero-order valence-electron chi connectivity index (χ0n) is 12.1. The van der Waals surface area contributed by atoms with Crippen LogP contribution in [0.4, 0.5) is 5.69 Å². The molecule has 0 unspecified atom stereocenters. The van der Waals surface area contributed by atoms with Gasteiger partial charge in [-0.3, -0.25) is 19.4 Å². The summed E-state index contributed by atoms with van der Waals surface area (Å²) in [5.41, 5.74) is 5.57. The molecule has 1 aromatic heterocycles. The molecule has 1 aromatic rings. The lowest BCUT2D eigenvalue weighted by Crippen LogP contribution is -2.19. The summed E-state index contributed by atoms with van der Waals surface area (Å²) in [6.45, 7) is 4.18. The Bertz CT molecular complexity index is 529. The second-order valence-corrected chi connectivity index (χ2v) is 4.91. The number of ether oxygens (including phenoxy) is 1. The Balaban J connectivity index is 2.48. The van der Waals surface area contributed by atoms with Crippen LogP contribution in [-0.2, 0) is 14.3 Å². The highest BCUT2D eigenvalue weighted by Crippen LogP contribution is 2.13. The number of carbonyl (C=O) groups is 3. The van der Waals surface area contributed by atoms with Crippen molar-refractivity contribution < 1.29 is 19.1 Å². The summed E-state index contributed by atoms with van der Waals surface area (Å²) in [5.74, 6) is -1.26. The number of nitrogens with two attached hydrogens (primary N) is 1. The van der Waals surface area contributed by atoms with Crippen molar-refractivity contribution in [1.29, 1.82) is 0 Å². The number of primary amides is 1. The van der Waals surface area contributed by atoms with Crippen LogP contribution in [0.5, 0.6) is 0 Å². The molecule has 1 heterocycles. The van der Waals surface area contributed by atoms with Gasteiger partial charge in [0.25, 0.3) is 5.91 Å². The largest absolute Gasteiger partial charge is 0.465 e. The SMILES string of the molecule is CC(C)COC(=O)CCC(=O)Nc1ccncc1C(N)=O. The van der Waals surface area contributed by atoms with Crippen LogP contribution in [0.15, 0.2) is 18.5 Å². The van der Waals surface area contributed by atoms with Crippen LogP contribution in [-0.4, -0.2) is 29.4 Å². The minimum atomic E-state index is -0.685. The summed E-state index contributed by atoms with van der Waals surface area (Å²) in [7, 11) is 0. The number of carbonyl (C=O) groups excluding carboxylic acids is 3. The molecule has 0 atom stereocenters. The minimum Gasteiger partial charge on any atom is -0.465 e. The second-order valence-electron chi connectivity index (χ2n) is 4.91. The molecule has 7 heteroatoms. The van der Waals surface area contributed by atoms with E-state index in [0.717, 1.165) is 0 Å². The van der Waals surface area contributed by atoms with Crippen LogP contribution in [0.25, 0.3) is 0 Å². The van der Waals surface area contributed by atoms with Gasteiger partial charge in [-0.15, -0.1) is 0 Å². The van der Waals surface area contributed by atoms with Crippen LogP contribution in [0.1, 0.15) is 37.0 Å². The van der Waals surface area contributed by atoms with Crippen LogP contribution in [0.3, 0.4) is 0 Å². The molecule has 3 N–H and O–H groups in total. The number of nitrogens with zero attached hydrogens (tertiary/aromatic N) is 1. The molecule has 0 bridgehead atoms. The van der Waals surface area contributed by atoms with E-state index in [9.17, 15) is 14.4 Å². The summed E-state index contributed by atoms with van der Waals surface area (Å²) in [6, 6.07) is 1.47. The Morgan fingerprint density at radius 3 is 2.67 bits per heavy atom. The molecule has 0 fully saturated rings. The lowest BCUT2D eigenvalue weighted by Gasteiger charge is -2.09. The van der Waals surface area contributed by atoms with Gasteiger partial charge in [0, 0.05) is 18.8 Å². The van der Waals surface area contributed by atoms with Crippen molar-refractivity contribution in [3.63, 3.8) is 0 Å². The summed E-state index contributed by atoms with van der Waals surface area (Å²) in [4.78, 5) is 38.1. The first-order valence-electron chi connectivity index (χ1n) is 6.59. The van der Waals surface area contributed by atoms with E-state index in [0.29, 0.717) is 6.61 Å². The Hall–Kier alpha value is -2.44. The van der Waals surface area contributed by atoms with Gasteiger partial charge < -0.3 is 15.8 Å². The quantitative estimate of drug-likeness (QED) is 0.731. The van der Waals surface area contributed by atoms with E-state index in [4.69, 9.17) is 10.5 Å². The van der Waals surface area contributed by atoms with Gasteiger partial charge in [-0.25, -0.2) is 0 Å². The highest BCUT2D eigenvalue weighted by molar-refractivity contribution is 6.03. The molecule has 0 aliphatic carbocycles. The van der Waals surface area contributed by atoms with Crippen molar-refractivity contribution in [2.24, 2.45) is 11.7 Å². The molecule has 2 amide bonds. The highest BCUT2D eigenvalue weighted by atomic mass is 16.5. The first kappa shape index (κ1) is 16.6. The number of pyridine rings is 1. The van der Waals surface area contributed by atoms with Gasteiger partial charge in [-0.2, -0.15) is 0 Å². The maximum absolute atomic E-state index is 11.7. The predicted molar refractivity (Wildman–Crippen MR) is 76.4 cm³/mol. The van der Waals surface area contributed by atoms with E-state index in [1.165, 1.54) is 18.5 Å². The van der Waals surface area contributed by atoms with E-state index < -0.39 is 17.8 Å². The summed E-state index contributed by atoms with van der Waals surface area (Å²) < 4.78 is 4.96. The molecule has 0 aliphatic heterocycles. The summed E-state index contributed by atoms with van der Waals surface area (Å²) in [5, 5.41) is 2.52. The number of hydrogen-bond acceptors (Lipinski definition) is 5. The molecule has 0 saturated heterocycles. The Kier molecular flexibility index (Phi) is 6.32. The van der Waals surface area contributed by atoms with E-state index in [2.05, 4.69) is 10.3 Å². The van der Waals surface area contributed by atoms with Crippen LogP contribution in [0.2, 0.25) is 0 Å². The van der Waals surface area contributed by atoms with E-state index >= 15 is 0 Å². The molecule has 114 valence electrons. The topological polar surface area (TPSA) is 111 Å². The molecular weight excluding hydrogens is 274 g/mol. The monoisotopic (exact) mass is 293 g/mol. The predicted octanol–water partition coefficient (Wildman–Crippen LogP) is 1.10. The van der Waals surface area contributed by atoms with Crippen molar-refractivity contribution in [3.8, 4) is 0 Å². The van der Waals surface area contributed by atoms with Gasteiger partial charge >= 0.3 is 5.97 Å². The number of esters is 1. The van der Waals surface area contributed by atoms with Gasteiger partial charge in [0.1, 0.15) is 0 Å². The minimum absolute atomic E-state index is 0.0183. The Morgan fingerprint density at radius 2 is 2.05 bits per heavy atom. The standard InChI is InChI=1S/C14H19N3O4/c1-9(2)8-21-13(19)4-3-12(18)17-11-5-6-16-7-10(11)14(15)20/h5-7,9H,3-4,8H2,1-2H3,(H2,15,20)(H,16,17,18). The van der Waals surface area contributed by atoms with Crippen molar-refractivity contribution in [2.75, 3.05) is 11.9 Å². The number of hydrogen-bond donors (Lipinski definition) is 2. The summed E-state index contributed by atoms with van der Waals surface area (Å²) in [6.07, 6.45) is 2.65. The van der Waals surface area contributed by atoms with Crippen LogP contribution < -0.4 is 11.1 Å². The van der Waals surface area contributed by atoms with Gasteiger partial charge in [-0.05, 0) is 12.0 Å². The maximum Gasteiger partial charge on any atom is 0.306 e. The third-order valence-corrected chi connectivity index (χ3v) is 2.49. The summed E-state index contributed by atoms with van der Waals surface area (Å²) >= 11 is 0. The van der Waals surface area contributed by atoms with E-state index in [-0.39, 0.29) is 30.0 Å². The molecule has 0 radical (unpaired) electrons. The van der Waals surface area contributed by atoms with Crippen molar-refractivity contribution >= 4 is 23.5 Å². The Morgan fingerprint density at radius 1 is 1.33 bits per heavy atom. The van der Waals surface area contributed by atoms with E-state index in [1.54, 1.807) is 0 Å². The second kappa shape index (κ2) is 7.98. The number of nitrogens with one attached hydrogen (secondary N) is 1. The Labute approximate surface area is 122 Å². The average molecular weight is 293 g/mol. The van der Waals surface area contributed by atoms with Gasteiger partial charge in [0.15, 0.2) is 0 Å². The molecule has 1 rings (SSSR count). The first-order valence-corrected chi connectivity index (χ1v) is 6.59. The van der Waals surface area contributed by atoms with Crippen molar-refractivity contribution in [3.05, 3.63) is 24.0 Å². The average Bonchev–Trinajstić information content (AvgIpc) is 2.43. The maximum atomic E-state index is 11.7. The smallest absolute Gasteiger partial charge is 0.306 e. The zero-order valence-corrected chi connectivity index (χ0v) is 12.1. The van der Waals surface area contributed by atoms with Gasteiger partial charge in [0.2, 0.25) is 5.91 Å². The fourth-order valence-corrected chi connectivity index (χ4v) is 1.46. The number of rotatable bonds is 7. The lowest BCUT2D eigenvalue weighted by atomic mass is 10.2. The molecule has 0 spiro atoms. The van der Waals surface area contributed by atoms with Crippen molar-refractivity contribution in [2.45, 2.75) is 26.7 Å². The van der Waals surface area contributed by atoms with Crippen LogP contribution in [0, 0.1) is 5.92 Å². The molecule has 21 heavy (non-hydrogen) atoms. The molecule has 0 saturated carbocycles. The molecule has 0 aromatic carbocycles. The lowest BCUT2D eigenvalue weighted by molar-refractivity contribution is -0.145. The zero-order chi connectivity index (χ0) is 15.8. The normalized spacial score (nSPS) is 10.2. The third-order valence-electron chi connectivity index (χ3n) is 2.49. The third kappa shape index (κ3) is 6.03. The van der Waals surface area contributed by atoms with Gasteiger partial charge in [-0.1, -0.05) is 13.8 Å². The van der Waals surface area contributed by atoms with Gasteiger partial charge in [0.05, 0.1) is 24.3 Å². The number of anilines is 1. The molecule has 0 aliphatic rings. The number of aromatic nitrogens is 1. The first-order chi connectivity index (χ1) is 9.90. The number of amides is 2. The highest BCUT2D eigenvalue weighted by Gasteiger charge is 2.13. The molecule has 7 nitrogen and oxygen atoms in total.